The second kappa shape index (κ2) is 3.40. The van der Waals surface area contributed by atoms with Gasteiger partial charge in [-0.2, -0.15) is 0 Å². The van der Waals surface area contributed by atoms with E-state index >= 15 is 0 Å². The van der Waals surface area contributed by atoms with E-state index in [0.717, 1.165) is 0 Å². The van der Waals surface area contributed by atoms with E-state index in [-0.39, 0.29) is 0 Å². The van der Waals surface area contributed by atoms with Crippen molar-refractivity contribution in [2.75, 3.05) is 0 Å². The van der Waals surface area contributed by atoms with Crippen LogP contribution in [0.15, 0.2) is 0 Å². The zero-order valence-corrected chi connectivity index (χ0v) is 5.55. The molecular formula is C2H7O7P. The number of aliphatic hydroxyl groups is 3. The Morgan fingerprint density at radius 3 is 1.70 bits per heavy atom. The molecule has 0 heterocycles. The van der Waals surface area contributed by atoms with Gasteiger partial charge >= 0.3 is 7.82 Å². The Morgan fingerprint density at radius 2 is 1.60 bits per heavy atom. The molecule has 62 valence electrons. The van der Waals surface area contributed by atoms with E-state index in [9.17, 15) is 4.57 Å². The van der Waals surface area contributed by atoms with Gasteiger partial charge in [-0.05, 0) is 0 Å². The maximum Gasteiger partial charge on any atom is 0.472 e. The van der Waals surface area contributed by atoms with Crippen molar-refractivity contribution >= 4 is 7.82 Å². The number of phosphoric ester groups is 1. The molecule has 0 fully saturated rings. The van der Waals surface area contributed by atoms with E-state index < -0.39 is 20.4 Å². The van der Waals surface area contributed by atoms with Crippen molar-refractivity contribution in [3.05, 3.63) is 0 Å². The van der Waals surface area contributed by atoms with Crippen LogP contribution < -0.4 is 0 Å². The van der Waals surface area contributed by atoms with Gasteiger partial charge in [0.25, 0.3) is 0 Å². The first-order chi connectivity index (χ1) is 4.33. The number of hydrogen-bond donors (Lipinski definition) is 5. The van der Waals surface area contributed by atoms with Gasteiger partial charge in [-0.1, -0.05) is 0 Å². The topological polar surface area (TPSA) is 127 Å². The molecule has 8 heteroatoms. The quantitative estimate of drug-likeness (QED) is 0.241. The van der Waals surface area contributed by atoms with Gasteiger partial charge < -0.3 is 25.1 Å². The zero-order chi connectivity index (χ0) is 8.36. The average Bonchev–Trinajstić information content (AvgIpc) is 1.60. The minimum Gasteiger partial charge on any atom is -0.364 e. The Balaban J connectivity index is 3.80. The third-order valence-corrected chi connectivity index (χ3v) is 0.991. The molecule has 5 N–H and O–H groups in total. The predicted octanol–water partition coefficient (Wildman–Crippen LogP) is -2.28. The van der Waals surface area contributed by atoms with Gasteiger partial charge in [0.1, 0.15) is 0 Å². The molecule has 0 bridgehead atoms. The smallest absolute Gasteiger partial charge is 0.364 e. The molecule has 0 rings (SSSR count). The highest BCUT2D eigenvalue weighted by atomic mass is 31.2. The van der Waals surface area contributed by atoms with Crippen LogP contribution in [0.3, 0.4) is 0 Å². The van der Waals surface area contributed by atoms with E-state index in [2.05, 4.69) is 4.52 Å². The molecule has 0 aliphatic rings. The SMILES string of the molecule is O=P(O)(O)OC(O)C(O)O. The summed E-state index contributed by atoms with van der Waals surface area (Å²) in [6, 6.07) is 0. The van der Waals surface area contributed by atoms with Crippen molar-refractivity contribution in [2.24, 2.45) is 0 Å². The lowest BCUT2D eigenvalue weighted by molar-refractivity contribution is -0.200. The molecule has 7 nitrogen and oxygen atoms in total. The summed E-state index contributed by atoms with van der Waals surface area (Å²) in [6.07, 6.45) is -4.62. The van der Waals surface area contributed by atoms with E-state index in [0.29, 0.717) is 0 Å². The molecule has 1 atom stereocenters. The van der Waals surface area contributed by atoms with Crippen molar-refractivity contribution in [1.29, 1.82) is 0 Å². The summed E-state index contributed by atoms with van der Waals surface area (Å²) in [4.78, 5) is 15.9. The lowest BCUT2D eigenvalue weighted by atomic mass is 10.6. The normalized spacial score (nSPS) is 15.8. The lowest BCUT2D eigenvalue weighted by Crippen LogP contribution is -2.26. The summed E-state index contributed by atoms with van der Waals surface area (Å²) in [5, 5.41) is 24.3. The van der Waals surface area contributed by atoms with Crippen molar-refractivity contribution in [2.45, 2.75) is 12.6 Å². The number of phosphoric acid groups is 1. The van der Waals surface area contributed by atoms with E-state index in [4.69, 9.17) is 25.1 Å². The lowest BCUT2D eigenvalue weighted by Gasteiger charge is -2.12. The third-order valence-electron chi connectivity index (χ3n) is 0.500. The Hall–Kier alpha value is -0.0100. The Labute approximate surface area is 55.7 Å². The number of hydrogen-bond acceptors (Lipinski definition) is 5. The average molecular weight is 174 g/mol. The molecule has 1 unspecified atom stereocenters. The predicted molar refractivity (Wildman–Crippen MR) is 27.4 cm³/mol. The Kier molecular flexibility index (Phi) is 3.40. The molecular weight excluding hydrogens is 167 g/mol. The molecule has 0 saturated carbocycles. The molecule has 0 spiro atoms. The highest BCUT2D eigenvalue weighted by molar-refractivity contribution is 7.46. The summed E-state index contributed by atoms with van der Waals surface area (Å²) in [5.74, 6) is 0. The highest BCUT2D eigenvalue weighted by Gasteiger charge is 2.24. The second-order valence-corrected chi connectivity index (χ2v) is 2.59. The second-order valence-electron chi connectivity index (χ2n) is 1.40. The van der Waals surface area contributed by atoms with Crippen LogP contribution in [-0.2, 0) is 9.09 Å². The van der Waals surface area contributed by atoms with Crippen LogP contribution >= 0.6 is 7.82 Å². The van der Waals surface area contributed by atoms with Gasteiger partial charge in [0.2, 0.25) is 12.6 Å². The molecule has 0 aliphatic carbocycles. The maximum atomic E-state index is 9.84. The highest BCUT2D eigenvalue weighted by Crippen LogP contribution is 2.37. The largest absolute Gasteiger partial charge is 0.472 e. The van der Waals surface area contributed by atoms with Crippen LogP contribution in [0.4, 0.5) is 0 Å². The Morgan fingerprint density at radius 1 is 1.20 bits per heavy atom. The summed E-state index contributed by atoms with van der Waals surface area (Å²) in [6.45, 7) is 0. The minimum atomic E-state index is -4.85. The first-order valence-corrected chi connectivity index (χ1v) is 3.64. The van der Waals surface area contributed by atoms with Crippen LogP contribution in [0.25, 0.3) is 0 Å². The molecule has 10 heavy (non-hydrogen) atoms. The summed E-state index contributed by atoms with van der Waals surface area (Å²) < 4.78 is 13.3. The maximum absolute atomic E-state index is 9.84. The van der Waals surface area contributed by atoms with Crippen LogP contribution in [-0.4, -0.2) is 37.7 Å². The fourth-order valence-electron chi connectivity index (χ4n) is 0.195. The van der Waals surface area contributed by atoms with E-state index in [1.54, 1.807) is 0 Å². The molecule has 0 radical (unpaired) electrons. The first kappa shape index (κ1) is 9.99. The summed E-state index contributed by atoms with van der Waals surface area (Å²) >= 11 is 0. The fraction of sp³-hybridized carbons (Fsp3) is 1.00. The molecule has 0 aromatic carbocycles. The third kappa shape index (κ3) is 4.83. The molecule has 0 aromatic heterocycles. The summed E-state index contributed by atoms with van der Waals surface area (Å²) in [5.41, 5.74) is 0. The van der Waals surface area contributed by atoms with Crippen LogP contribution in [0.1, 0.15) is 0 Å². The van der Waals surface area contributed by atoms with Gasteiger partial charge in [-0.15, -0.1) is 0 Å². The van der Waals surface area contributed by atoms with Gasteiger partial charge in [-0.25, -0.2) is 4.57 Å². The van der Waals surface area contributed by atoms with Crippen LogP contribution in [0.5, 0.6) is 0 Å². The van der Waals surface area contributed by atoms with E-state index in [1.807, 2.05) is 0 Å². The molecule has 0 aliphatic heterocycles. The first-order valence-electron chi connectivity index (χ1n) is 2.11. The molecule has 0 amide bonds. The summed E-state index contributed by atoms with van der Waals surface area (Å²) in [7, 11) is -4.85. The van der Waals surface area contributed by atoms with Crippen LogP contribution in [0, 0.1) is 0 Å². The van der Waals surface area contributed by atoms with Crippen molar-refractivity contribution in [3.63, 3.8) is 0 Å². The van der Waals surface area contributed by atoms with Crippen molar-refractivity contribution in [3.8, 4) is 0 Å². The van der Waals surface area contributed by atoms with Crippen LogP contribution in [0.2, 0.25) is 0 Å². The van der Waals surface area contributed by atoms with Gasteiger partial charge in [0.15, 0.2) is 0 Å². The Bertz CT molecular complexity index is 137. The monoisotopic (exact) mass is 174 g/mol. The molecule has 0 aromatic rings. The standard InChI is InChI=1S/C2H7O7P/c3-1(4)2(5)9-10(6,7)8/h1-5H,(H2,6,7,8). The van der Waals surface area contributed by atoms with E-state index in [1.165, 1.54) is 0 Å². The fourth-order valence-corrected chi connectivity index (χ4v) is 0.585. The van der Waals surface area contributed by atoms with Gasteiger partial charge in [0, 0.05) is 0 Å². The van der Waals surface area contributed by atoms with Gasteiger partial charge in [-0.3, -0.25) is 4.52 Å². The van der Waals surface area contributed by atoms with Crippen molar-refractivity contribution < 1.29 is 34.2 Å². The minimum absolute atomic E-state index is 2.29. The zero-order valence-electron chi connectivity index (χ0n) is 4.65. The number of rotatable bonds is 3. The van der Waals surface area contributed by atoms with Gasteiger partial charge in [0.05, 0.1) is 0 Å². The number of aliphatic hydroxyl groups excluding tert-OH is 2. The van der Waals surface area contributed by atoms with Crippen molar-refractivity contribution in [1.82, 2.24) is 0 Å². The molecule has 0 saturated heterocycles.